The summed E-state index contributed by atoms with van der Waals surface area (Å²) in [5, 5.41) is 0. The maximum atomic E-state index is 12.1. The topological polar surface area (TPSA) is 46.6 Å². The van der Waals surface area contributed by atoms with Crippen LogP contribution in [-0.4, -0.2) is 36.5 Å². The number of carbonyl (C=O) groups excluding carboxylic acids is 2. The second-order valence-electron chi connectivity index (χ2n) is 4.59. The van der Waals surface area contributed by atoms with Crippen LogP contribution < -0.4 is 0 Å². The van der Waals surface area contributed by atoms with E-state index in [1.165, 1.54) is 4.90 Å². The number of likely N-dealkylation sites (tertiary alicyclic amines) is 1. The Kier molecular flexibility index (Phi) is 1.73. The van der Waals surface area contributed by atoms with Crippen molar-refractivity contribution < 1.29 is 14.3 Å². The largest absolute Gasteiger partial charge is 0.369 e. The van der Waals surface area contributed by atoms with E-state index in [4.69, 9.17) is 4.74 Å². The molecule has 0 saturated carbocycles. The van der Waals surface area contributed by atoms with E-state index in [9.17, 15) is 9.59 Å². The molecule has 0 spiro atoms. The van der Waals surface area contributed by atoms with Gasteiger partial charge in [-0.15, -0.1) is 0 Å². The minimum atomic E-state index is -0.711. The van der Waals surface area contributed by atoms with Crippen molar-refractivity contribution in [3.63, 3.8) is 0 Å². The summed E-state index contributed by atoms with van der Waals surface area (Å²) in [5.41, 5.74) is -0.711. The molecule has 1 aliphatic heterocycles. The van der Waals surface area contributed by atoms with Crippen molar-refractivity contribution in [2.24, 2.45) is 17.8 Å². The van der Waals surface area contributed by atoms with Gasteiger partial charge in [-0.2, -0.15) is 0 Å². The van der Waals surface area contributed by atoms with Crippen molar-refractivity contribution in [3.05, 3.63) is 24.3 Å². The van der Waals surface area contributed by atoms with Crippen LogP contribution in [0.15, 0.2) is 24.3 Å². The van der Waals surface area contributed by atoms with Crippen LogP contribution in [0.5, 0.6) is 0 Å². The lowest BCUT2D eigenvalue weighted by molar-refractivity contribution is -0.139. The molecule has 3 aliphatic carbocycles. The first-order valence-corrected chi connectivity index (χ1v) is 5.36. The molecule has 0 aromatic rings. The van der Waals surface area contributed by atoms with Crippen molar-refractivity contribution >= 4 is 11.8 Å². The summed E-state index contributed by atoms with van der Waals surface area (Å²) in [6.07, 6.45) is 7.75. The van der Waals surface area contributed by atoms with E-state index in [1.54, 1.807) is 14.2 Å². The molecule has 2 bridgehead atoms. The summed E-state index contributed by atoms with van der Waals surface area (Å²) < 4.78 is 5.47. The highest BCUT2D eigenvalue weighted by atomic mass is 16.5. The molecule has 1 fully saturated rings. The van der Waals surface area contributed by atoms with Crippen LogP contribution in [0.3, 0.4) is 0 Å². The molecule has 1 saturated heterocycles. The first-order valence-electron chi connectivity index (χ1n) is 5.36. The van der Waals surface area contributed by atoms with E-state index < -0.39 is 5.60 Å². The number of carbonyl (C=O) groups is 2. The Hall–Kier alpha value is -1.42. The molecule has 0 aromatic heterocycles. The van der Waals surface area contributed by atoms with Crippen LogP contribution in [-0.2, 0) is 14.3 Å². The summed E-state index contributed by atoms with van der Waals surface area (Å²) in [6, 6.07) is 0. The van der Waals surface area contributed by atoms with Gasteiger partial charge in [-0.25, -0.2) is 0 Å². The van der Waals surface area contributed by atoms with E-state index in [0.29, 0.717) is 0 Å². The first-order chi connectivity index (χ1) is 7.60. The average molecular weight is 219 g/mol. The van der Waals surface area contributed by atoms with Crippen LogP contribution >= 0.6 is 0 Å². The zero-order valence-corrected chi connectivity index (χ0v) is 9.21. The van der Waals surface area contributed by atoms with Gasteiger partial charge in [0.25, 0.3) is 0 Å². The number of amides is 2. The molecule has 1 heterocycles. The number of rotatable bonds is 1. The smallest absolute Gasteiger partial charge is 0.236 e. The summed E-state index contributed by atoms with van der Waals surface area (Å²) in [5.74, 6) is -0.823. The normalized spacial score (nSPS) is 44.4. The Morgan fingerprint density at radius 1 is 1.25 bits per heavy atom. The van der Waals surface area contributed by atoms with Gasteiger partial charge in [0.1, 0.15) is 5.60 Å². The van der Waals surface area contributed by atoms with Gasteiger partial charge >= 0.3 is 0 Å². The Bertz CT molecular complexity index is 424. The third kappa shape index (κ3) is 0.888. The van der Waals surface area contributed by atoms with E-state index in [0.717, 1.165) is 0 Å². The Morgan fingerprint density at radius 3 is 2.44 bits per heavy atom. The summed E-state index contributed by atoms with van der Waals surface area (Å²) in [4.78, 5) is 25.3. The highest BCUT2D eigenvalue weighted by Crippen LogP contribution is 2.49. The number of allylic oxidation sites excluding steroid dienone is 2. The van der Waals surface area contributed by atoms with Crippen LogP contribution in [0.1, 0.15) is 0 Å². The van der Waals surface area contributed by atoms with Gasteiger partial charge in [0.05, 0.1) is 11.8 Å². The predicted molar refractivity (Wildman–Crippen MR) is 56.3 cm³/mol. The second-order valence-corrected chi connectivity index (χ2v) is 4.59. The van der Waals surface area contributed by atoms with Gasteiger partial charge in [0.2, 0.25) is 11.8 Å². The van der Waals surface area contributed by atoms with Gasteiger partial charge < -0.3 is 4.74 Å². The fraction of sp³-hybridized carbons (Fsp3) is 0.500. The Morgan fingerprint density at radius 2 is 1.88 bits per heavy atom. The maximum absolute atomic E-state index is 12.1. The number of imide groups is 1. The molecular formula is C12H13NO3. The molecule has 2 amide bonds. The number of hydrogen-bond acceptors (Lipinski definition) is 3. The second kappa shape index (κ2) is 2.83. The van der Waals surface area contributed by atoms with Crippen LogP contribution in [0.25, 0.3) is 0 Å². The van der Waals surface area contributed by atoms with Crippen LogP contribution in [0.2, 0.25) is 0 Å². The molecule has 4 nitrogen and oxygen atoms in total. The highest BCUT2D eigenvalue weighted by Gasteiger charge is 2.60. The fourth-order valence-electron chi connectivity index (χ4n) is 3.05. The number of nitrogens with zero attached hydrogens (tertiary/aromatic N) is 1. The average Bonchev–Trinajstić information content (AvgIpc) is 2.58. The third-order valence-electron chi connectivity index (χ3n) is 3.98. The molecule has 4 aliphatic rings. The van der Waals surface area contributed by atoms with Crippen LogP contribution in [0, 0.1) is 17.8 Å². The molecular weight excluding hydrogens is 206 g/mol. The molecule has 4 rings (SSSR count). The molecule has 84 valence electrons. The van der Waals surface area contributed by atoms with Gasteiger partial charge in [-0.1, -0.05) is 24.3 Å². The standard InChI is InChI=1S/C12H13NO3/c1-13-10(14)8-7-3-5-12(16-2,6-4-7)9(8)11(13)15/h3-9H,1-2H3/t7?,8-,9+,12?/m1/s1. The zero-order valence-electron chi connectivity index (χ0n) is 9.21. The lowest BCUT2D eigenvalue weighted by Crippen LogP contribution is -2.49. The SMILES string of the molecule is COC12C=CC(C=C1)[C@H]1C(=O)N(C)C(=O)[C@H]12. The number of methoxy groups -OCH3 is 1. The Balaban J connectivity index is 2.16. The van der Waals surface area contributed by atoms with Crippen molar-refractivity contribution in [3.8, 4) is 0 Å². The van der Waals surface area contributed by atoms with E-state index in [1.807, 2.05) is 24.3 Å². The number of hydrogen-bond donors (Lipinski definition) is 0. The summed E-state index contributed by atoms with van der Waals surface area (Å²) >= 11 is 0. The fourth-order valence-corrected chi connectivity index (χ4v) is 3.05. The van der Waals surface area contributed by atoms with Gasteiger partial charge in [-0.3, -0.25) is 14.5 Å². The van der Waals surface area contributed by atoms with Gasteiger partial charge in [0, 0.05) is 20.1 Å². The quantitative estimate of drug-likeness (QED) is 0.472. The third-order valence-corrected chi connectivity index (χ3v) is 3.98. The lowest BCUT2D eigenvalue weighted by Gasteiger charge is -2.42. The van der Waals surface area contributed by atoms with E-state index in [-0.39, 0.29) is 29.6 Å². The molecule has 4 heteroatoms. The van der Waals surface area contributed by atoms with Crippen LogP contribution in [0.4, 0.5) is 0 Å². The van der Waals surface area contributed by atoms with Crippen molar-refractivity contribution in [1.82, 2.24) is 4.90 Å². The first kappa shape index (κ1) is 9.78. The zero-order chi connectivity index (χ0) is 11.5. The van der Waals surface area contributed by atoms with Crippen molar-refractivity contribution in [2.45, 2.75) is 5.60 Å². The predicted octanol–water partition coefficient (Wildman–Crippen LogP) is 0.358. The van der Waals surface area contributed by atoms with Gasteiger partial charge in [0.15, 0.2) is 0 Å². The van der Waals surface area contributed by atoms with E-state index >= 15 is 0 Å². The van der Waals surface area contributed by atoms with E-state index in [2.05, 4.69) is 0 Å². The maximum Gasteiger partial charge on any atom is 0.236 e. The molecule has 0 N–H and O–H groups in total. The summed E-state index contributed by atoms with van der Waals surface area (Å²) in [7, 11) is 3.12. The minimum Gasteiger partial charge on any atom is -0.369 e. The lowest BCUT2D eigenvalue weighted by atomic mass is 9.64. The Labute approximate surface area is 93.6 Å². The molecule has 0 radical (unpaired) electrons. The minimum absolute atomic E-state index is 0.0448. The molecule has 16 heavy (non-hydrogen) atoms. The van der Waals surface area contributed by atoms with Crippen molar-refractivity contribution in [1.29, 1.82) is 0 Å². The monoisotopic (exact) mass is 219 g/mol. The number of ether oxygens (including phenoxy) is 1. The van der Waals surface area contributed by atoms with Crippen molar-refractivity contribution in [2.75, 3.05) is 14.2 Å². The molecule has 0 aromatic carbocycles. The van der Waals surface area contributed by atoms with Gasteiger partial charge in [-0.05, 0) is 0 Å². The molecule has 2 atom stereocenters. The molecule has 0 unspecified atom stereocenters. The summed E-state index contributed by atoms with van der Waals surface area (Å²) in [6.45, 7) is 0. The highest BCUT2D eigenvalue weighted by molar-refractivity contribution is 6.06.